The first-order valence-electron chi connectivity index (χ1n) is 6.80. The van der Waals surface area contributed by atoms with Gasteiger partial charge in [-0.15, -0.1) is 0 Å². The minimum atomic E-state index is -0.393. The maximum Gasteiger partial charge on any atom is 0.410 e. The molecule has 4 nitrogen and oxygen atoms in total. The van der Waals surface area contributed by atoms with Crippen LogP contribution in [0.3, 0.4) is 0 Å². The molecule has 1 amide bonds. The van der Waals surface area contributed by atoms with Gasteiger partial charge in [0.05, 0.1) is 0 Å². The fourth-order valence-electron chi connectivity index (χ4n) is 2.15. The van der Waals surface area contributed by atoms with Crippen LogP contribution in [0.1, 0.15) is 39.7 Å². The van der Waals surface area contributed by atoms with Crippen molar-refractivity contribution < 1.29 is 14.3 Å². The van der Waals surface area contributed by atoms with Gasteiger partial charge >= 0.3 is 6.09 Å². The van der Waals surface area contributed by atoms with Gasteiger partial charge < -0.3 is 14.4 Å². The number of nitrogens with zero attached hydrogens (tertiary/aromatic N) is 1. The van der Waals surface area contributed by atoms with Gasteiger partial charge in [-0.1, -0.05) is 30.3 Å². The second-order valence-corrected chi connectivity index (χ2v) is 5.83. The van der Waals surface area contributed by atoms with Crippen molar-refractivity contribution in [2.24, 2.45) is 0 Å². The summed E-state index contributed by atoms with van der Waals surface area (Å²) in [4.78, 5) is 24.6. The number of carbonyl (C=O) groups excluding carboxylic acids is 2. The van der Waals surface area contributed by atoms with Crippen LogP contribution in [0, 0.1) is 0 Å². The van der Waals surface area contributed by atoms with Crippen LogP contribution < -0.4 is 0 Å². The lowest BCUT2D eigenvalue weighted by atomic mass is 10.0. The summed E-state index contributed by atoms with van der Waals surface area (Å²) in [6, 6.07) is 9.35. The van der Waals surface area contributed by atoms with E-state index in [0.717, 1.165) is 11.8 Å². The van der Waals surface area contributed by atoms with Gasteiger partial charge in [0.2, 0.25) is 0 Å². The number of ether oxygens (including phenoxy) is 1. The van der Waals surface area contributed by atoms with Crippen LogP contribution in [0.4, 0.5) is 4.79 Å². The molecule has 0 aliphatic heterocycles. The van der Waals surface area contributed by atoms with Gasteiger partial charge in [-0.05, 0) is 33.3 Å². The number of hydrogen-bond acceptors (Lipinski definition) is 3. The van der Waals surface area contributed by atoms with Crippen molar-refractivity contribution in [2.45, 2.75) is 52.3 Å². The van der Waals surface area contributed by atoms with Crippen molar-refractivity contribution in [3.8, 4) is 0 Å². The molecule has 20 heavy (non-hydrogen) atoms. The first-order chi connectivity index (χ1) is 9.36. The number of amides is 1. The zero-order chi connectivity index (χ0) is 15.2. The maximum absolute atomic E-state index is 12.3. The number of aldehydes is 1. The highest BCUT2D eigenvalue weighted by Crippen LogP contribution is 2.20. The molecular weight excluding hydrogens is 254 g/mol. The van der Waals surface area contributed by atoms with Crippen molar-refractivity contribution in [3.05, 3.63) is 35.9 Å². The molecule has 0 fully saturated rings. The predicted molar refractivity (Wildman–Crippen MR) is 78.4 cm³/mol. The Morgan fingerprint density at radius 2 is 1.90 bits per heavy atom. The normalized spacial score (nSPS) is 12.6. The standard InChI is InChI=1S/C16H23NO3/c1-13(10-11-18)17(16(2,3)4)15(19)20-12-14-8-6-5-7-9-14/h5-9,11,13H,10,12H2,1-4H3/t13-/m0/s1. The van der Waals surface area contributed by atoms with Gasteiger partial charge in [0.15, 0.2) is 0 Å². The van der Waals surface area contributed by atoms with E-state index >= 15 is 0 Å². The Balaban J connectivity index is 2.71. The first kappa shape index (κ1) is 16.2. The van der Waals surface area contributed by atoms with E-state index in [4.69, 9.17) is 4.74 Å². The SMILES string of the molecule is C[C@@H](CC=O)N(C(=O)OCc1ccccc1)C(C)(C)C. The van der Waals surface area contributed by atoms with E-state index in [9.17, 15) is 9.59 Å². The summed E-state index contributed by atoms with van der Waals surface area (Å²) in [6.45, 7) is 7.87. The molecule has 110 valence electrons. The molecule has 1 aromatic rings. The Bertz CT molecular complexity index is 437. The number of hydrogen-bond donors (Lipinski definition) is 0. The summed E-state index contributed by atoms with van der Waals surface area (Å²) in [5.74, 6) is 0. The molecule has 0 radical (unpaired) electrons. The third kappa shape index (κ3) is 4.68. The number of carbonyl (C=O) groups is 2. The smallest absolute Gasteiger partial charge is 0.410 e. The largest absolute Gasteiger partial charge is 0.445 e. The van der Waals surface area contributed by atoms with E-state index in [2.05, 4.69) is 0 Å². The van der Waals surface area contributed by atoms with Crippen molar-refractivity contribution in [1.82, 2.24) is 4.90 Å². The lowest BCUT2D eigenvalue weighted by Gasteiger charge is -2.38. The Hall–Kier alpha value is -1.84. The molecule has 4 heteroatoms. The van der Waals surface area contributed by atoms with Crippen molar-refractivity contribution in [1.29, 1.82) is 0 Å². The summed E-state index contributed by atoms with van der Waals surface area (Å²) in [5, 5.41) is 0. The van der Waals surface area contributed by atoms with Gasteiger partial charge in [-0.25, -0.2) is 4.79 Å². The monoisotopic (exact) mass is 277 g/mol. The average Bonchev–Trinajstić information content (AvgIpc) is 2.36. The third-order valence-electron chi connectivity index (χ3n) is 3.00. The van der Waals surface area contributed by atoms with Crippen LogP contribution >= 0.6 is 0 Å². The van der Waals surface area contributed by atoms with Gasteiger partial charge in [0.25, 0.3) is 0 Å². The molecule has 0 spiro atoms. The molecule has 1 aromatic carbocycles. The zero-order valence-corrected chi connectivity index (χ0v) is 12.6. The molecule has 0 aliphatic carbocycles. The van der Waals surface area contributed by atoms with E-state index in [1.807, 2.05) is 58.0 Å². The van der Waals surface area contributed by atoms with Crippen molar-refractivity contribution in [2.75, 3.05) is 0 Å². The summed E-state index contributed by atoms with van der Waals surface area (Å²) in [7, 11) is 0. The van der Waals surface area contributed by atoms with Crippen molar-refractivity contribution in [3.63, 3.8) is 0 Å². The van der Waals surface area contributed by atoms with E-state index in [-0.39, 0.29) is 12.6 Å². The first-order valence-corrected chi connectivity index (χ1v) is 6.80. The second-order valence-electron chi connectivity index (χ2n) is 5.83. The molecular formula is C16H23NO3. The summed E-state index contributed by atoms with van der Waals surface area (Å²) in [5.41, 5.74) is 0.550. The molecule has 0 N–H and O–H groups in total. The van der Waals surface area contributed by atoms with E-state index in [0.29, 0.717) is 6.42 Å². The highest BCUT2D eigenvalue weighted by molar-refractivity contribution is 5.69. The van der Waals surface area contributed by atoms with Crippen molar-refractivity contribution >= 4 is 12.4 Å². The molecule has 0 bridgehead atoms. The van der Waals surface area contributed by atoms with Gasteiger partial charge in [-0.3, -0.25) is 0 Å². The molecule has 1 atom stereocenters. The zero-order valence-electron chi connectivity index (χ0n) is 12.6. The highest BCUT2D eigenvalue weighted by Gasteiger charge is 2.31. The highest BCUT2D eigenvalue weighted by atomic mass is 16.6. The van der Waals surface area contributed by atoms with Gasteiger partial charge in [-0.2, -0.15) is 0 Å². The Kier molecular flexibility index (Phi) is 5.74. The van der Waals surface area contributed by atoms with E-state index in [1.165, 1.54) is 0 Å². The Labute approximate surface area is 120 Å². The molecule has 0 aliphatic rings. The summed E-state index contributed by atoms with van der Waals surface area (Å²) in [6.07, 6.45) is 0.738. The molecule has 0 saturated carbocycles. The van der Waals surface area contributed by atoms with E-state index in [1.54, 1.807) is 4.90 Å². The quantitative estimate of drug-likeness (QED) is 0.775. The minimum absolute atomic E-state index is 0.184. The maximum atomic E-state index is 12.3. The average molecular weight is 277 g/mol. The van der Waals surface area contributed by atoms with Crippen LogP contribution in [0.15, 0.2) is 30.3 Å². The lowest BCUT2D eigenvalue weighted by Crippen LogP contribution is -2.51. The minimum Gasteiger partial charge on any atom is -0.445 e. The molecule has 0 saturated heterocycles. The van der Waals surface area contributed by atoms with Crippen LogP contribution in [-0.2, 0) is 16.1 Å². The van der Waals surface area contributed by atoms with Crippen LogP contribution in [0.2, 0.25) is 0 Å². The lowest BCUT2D eigenvalue weighted by molar-refractivity contribution is -0.109. The fraction of sp³-hybridized carbons (Fsp3) is 0.500. The topological polar surface area (TPSA) is 46.6 Å². The van der Waals surface area contributed by atoms with Crippen LogP contribution in [-0.4, -0.2) is 28.9 Å². The Morgan fingerprint density at radius 1 is 1.30 bits per heavy atom. The number of benzene rings is 1. The third-order valence-corrected chi connectivity index (χ3v) is 3.00. The fourth-order valence-corrected chi connectivity index (χ4v) is 2.15. The second kappa shape index (κ2) is 7.08. The predicted octanol–water partition coefficient (Wildman–Crippen LogP) is 3.40. The molecule has 0 aromatic heterocycles. The molecule has 0 unspecified atom stereocenters. The van der Waals surface area contributed by atoms with Gasteiger partial charge in [0, 0.05) is 18.0 Å². The van der Waals surface area contributed by atoms with Gasteiger partial charge in [0.1, 0.15) is 12.9 Å². The number of rotatable bonds is 5. The van der Waals surface area contributed by atoms with E-state index < -0.39 is 11.6 Å². The van der Waals surface area contributed by atoms with Crippen LogP contribution in [0.5, 0.6) is 0 Å². The molecule has 1 rings (SSSR count). The Morgan fingerprint density at radius 3 is 2.40 bits per heavy atom. The molecule has 0 heterocycles. The summed E-state index contributed by atoms with van der Waals surface area (Å²) < 4.78 is 5.36. The summed E-state index contributed by atoms with van der Waals surface area (Å²) >= 11 is 0. The van der Waals surface area contributed by atoms with Crippen LogP contribution in [0.25, 0.3) is 0 Å².